The fourth-order valence-corrected chi connectivity index (χ4v) is 2.13. The first kappa shape index (κ1) is 18.3. The first-order chi connectivity index (χ1) is 10.6. The summed E-state index contributed by atoms with van der Waals surface area (Å²) in [5.41, 5.74) is 0.740. The Bertz CT molecular complexity index is 460. The molecule has 0 aliphatic carbocycles. The van der Waals surface area contributed by atoms with Gasteiger partial charge in [-0.15, -0.1) is 0 Å². The van der Waals surface area contributed by atoms with Gasteiger partial charge in [0.2, 0.25) is 0 Å². The van der Waals surface area contributed by atoms with Gasteiger partial charge in [0, 0.05) is 25.2 Å². The Labute approximate surface area is 131 Å². The standard InChI is InChI=1S/C17H24O5/c1-3-21-16(22-4-2)8-6-5-7-15(18)13-9-11-14(12-10-13)17(19)20/h9-12,16H,3-8H2,1-2H3,(H,19,20). The van der Waals surface area contributed by atoms with E-state index in [0.29, 0.717) is 25.2 Å². The van der Waals surface area contributed by atoms with E-state index in [1.165, 1.54) is 12.1 Å². The van der Waals surface area contributed by atoms with Crippen LogP contribution in [0.5, 0.6) is 0 Å². The first-order valence-electron chi connectivity index (χ1n) is 7.68. The van der Waals surface area contributed by atoms with E-state index in [1.54, 1.807) is 12.1 Å². The Morgan fingerprint density at radius 3 is 2.05 bits per heavy atom. The van der Waals surface area contributed by atoms with Gasteiger partial charge in [0.25, 0.3) is 0 Å². The highest BCUT2D eigenvalue weighted by Gasteiger charge is 2.10. The highest BCUT2D eigenvalue weighted by atomic mass is 16.7. The average molecular weight is 308 g/mol. The summed E-state index contributed by atoms with van der Waals surface area (Å²) in [7, 11) is 0. The molecule has 22 heavy (non-hydrogen) atoms. The molecule has 0 saturated heterocycles. The van der Waals surface area contributed by atoms with E-state index in [-0.39, 0.29) is 17.6 Å². The van der Waals surface area contributed by atoms with Crippen LogP contribution in [0.3, 0.4) is 0 Å². The summed E-state index contributed by atoms with van der Waals surface area (Å²) in [6.07, 6.45) is 2.63. The minimum atomic E-state index is -0.989. The van der Waals surface area contributed by atoms with Gasteiger partial charge >= 0.3 is 5.97 Å². The van der Waals surface area contributed by atoms with Crippen molar-refractivity contribution in [3.63, 3.8) is 0 Å². The lowest BCUT2D eigenvalue weighted by Crippen LogP contribution is -2.17. The summed E-state index contributed by atoms with van der Waals surface area (Å²) in [6, 6.07) is 6.04. The van der Waals surface area contributed by atoms with Crippen LogP contribution in [0.15, 0.2) is 24.3 Å². The predicted octanol–water partition coefficient (Wildman–Crippen LogP) is 3.53. The number of aromatic carboxylic acids is 1. The fraction of sp³-hybridized carbons (Fsp3) is 0.529. The molecule has 0 aliphatic rings. The van der Waals surface area contributed by atoms with Crippen molar-refractivity contribution < 1.29 is 24.2 Å². The zero-order chi connectivity index (χ0) is 16.4. The molecule has 0 amide bonds. The second-order valence-corrected chi connectivity index (χ2v) is 4.89. The van der Waals surface area contributed by atoms with Crippen molar-refractivity contribution in [2.75, 3.05) is 13.2 Å². The van der Waals surface area contributed by atoms with Gasteiger partial charge in [-0.1, -0.05) is 12.1 Å². The molecule has 1 aromatic rings. The van der Waals surface area contributed by atoms with E-state index in [4.69, 9.17) is 14.6 Å². The number of benzene rings is 1. The van der Waals surface area contributed by atoms with E-state index in [0.717, 1.165) is 19.3 Å². The maximum Gasteiger partial charge on any atom is 0.335 e. The van der Waals surface area contributed by atoms with Gasteiger partial charge in [-0.2, -0.15) is 0 Å². The van der Waals surface area contributed by atoms with Crippen LogP contribution in [-0.4, -0.2) is 36.4 Å². The van der Waals surface area contributed by atoms with Gasteiger partial charge in [0.15, 0.2) is 12.1 Å². The SMILES string of the molecule is CCOC(CCCCC(=O)c1ccc(C(=O)O)cc1)OCC. The van der Waals surface area contributed by atoms with Crippen LogP contribution in [0.25, 0.3) is 0 Å². The molecule has 0 fully saturated rings. The highest BCUT2D eigenvalue weighted by Crippen LogP contribution is 2.12. The minimum Gasteiger partial charge on any atom is -0.478 e. The summed E-state index contributed by atoms with van der Waals surface area (Å²) in [4.78, 5) is 22.8. The molecule has 0 atom stereocenters. The Morgan fingerprint density at radius 1 is 1.00 bits per heavy atom. The number of carbonyl (C=O) groups excluding carboxylic acids is 1. The van der Waals surface area contributed by atoms with Crippen LogP contribution in [0, 0.1) is 0 Å². The number of carboxylic acids is 1. The van der Waals surface area contributed by atoms with Crippen molar-refractivity contribution in [1.29, 1.82) is 0 Å². The van der Waals surface area contributed by atoms with Gasteiger partial charge in [-0.05, 0) is 45.2 Å². The van der Waals surface area contributed by atoms with Crippen LogP contribution >= 0.6 is 0 Å². The first-order valence-corrected chi connectivity index (χ1v) is 7.68. The third-order valence-electron chi connectivity index (χ3n) is 3.25. The molecule has 5 nitrogen and oxygen atoms in total. The van der Waals surface area contributed by atoms with Crippen molar-refractivity contribution in [2.24, 2.45) is 0 Å². The molecule has 122 valence electrons. The van der Waals surface area contributed by atoms with E-state index >= 15 is 0 Å². The molecule has 0 aromatic heterocycles. The van der Waals surface area contributed by atoms with Gasteiger partial charge < -0.3 is 14.6 Å². The molecule has 1 rings (SSSR count). The second-order valence-electron chi connectivity index (χ2n) is 4.89. The summed E-state index contributed by atoms with van der Waals surface area (Å²) in [5, 5.41) is 8.82. The van der Waals surface area contributed by atoms with Gasteiger partial charge in [-0.25, -0.2) is 4.79 Å². The van der Waals surface area contributed by atoms with Crippen molar-refractivity contribution >= 4 is 11.8 Å². The Morgan fingerprint density at radius 2 is 1.55 bits per heavy atom. The van der Waals surface area contributed by atoms with Gasteiger partial charge in [0.1, 0.15) is 0 Å². The smallest absolute Gasteiger partial charge is 0.335 e. The number of rotatable bonds is 11. The van der Waals surface area contributed by atoms with E-state index in [1.807, 2.05) is 13.8 Å². The number of hydrogen-bond acceptors (Lipinski definition) is 4. The molecule has 0 aliphatic heterocycles. The maximum atomic E-state index is 12.0. The van der Waals surface area contributed by atoms with Gasteiger partial charge in [0.05, 0.1) is 5.56 Å². The molecule has 1 N–H and O–H groups in total. The number of Topliss-reactive ketones (excluding diaryl/α,β-unsaturated/α-hetero) is 1. The van der Waals surface area contributed by atoms with Crippen molar-refractivity contribution in [2.45, 2.75) is 45.8 Å². The molecule has 0 unspecified atom stereocenters. The highest BCUT2D eigenvalue weighted by molar-refractivity contribution is 5.97. The third kappa shape index (κ3) is 6.37. The summed E-state index contributed by atoms with van der Waals surface area (Å²) < 4.78 is 10.9. The van der Waals surface area contributed by atoms with Gasteiger partial charge in [-0.3, -0.25) is 4.79 Å². The number of ketones is 1. The predicted molar refractivity (Wildman–Crippen MR) is 83.2 cm³/mol. The number of carboxylic acid groups (broad SMARTS) is 1. The van der Waals surface area contributed by atoms with Crippen molar-refractivity contribution in [3.05, 3.63) is 35.4 Å². The van der Waals surface area contributed by atoms with Crippen molar-refractivity contribution in [1.82, 2.24) is 0 Å². The maximum absolute atomic E-state index is 12.0. The number of ether oxygens (including phenoxy) is 2. The largest absolute Gasteiger partial charge is 0.478 e. The third-order valence-corrected chi connectivity index (χ3v) is 3.25. The molecular weight excluding hydrogens is 284 g/mol. The zero-order valence-electron chi connectivity index (χ0n) is 13.2. The van der Waals surface area contributed by atoms with Crippen LogP contribution in [0.1, 0.15) is 60.2 Å². The van der Waals surface area contributed by atoms with Crippen LogP contribution in [0.2, 0.25) is 0 Å². The Kier molecular flexibility index (Phi) is 8.40. The molecule has 0 spiro atoms. The van der Waals surface area contributed by atoms with E-state index in [2.05, 4.69) is 0 Å². The fourth-order valence-electron chi connectivity index (χ4n) is 2.13. The number of hydrogen-bond donors (Lipinski definition) is 1. The Balaban J connectivity index is 2.34. The summed E-state index contributed by atoms with van der Waals surface area (Å²) in [5.74, 6) is -0.960. The minimum absolute atomic E-state index is 0.0290. The Hall–Kier alpha value is -1.72. The monoisotopic (exact) mass is 308 g/mol. The molecule has 0 radical (unpaired) electrons. The average Bonchev–Trinajstić information content (AvgIpc) is 2.51. The summed E-state index contributed by atoms with van der Waals surface area (Å²) >= 11 is 0. The quantitative estimate of drug-likeness (QED) is 0.384. The molecule has 0 saturated carbocycles. The lowest BCUT2D eigenvalue weighted by atomic mass is 10.0. The second kappa shape index (κ2) is 10.1. The van der Waals surface area contributed by atoms with E-state index in [9.17, 15) is 9.59 Å². The number of unbranched alkanes of at least 4 members (excludes halogenated alkanes) is 1. The lowest BCUT2D eigenvalue weighted by molar-refractivity contribution is -0.140. The molecular formula is C17H24O5. The molecule has 0 heterocycles. The van der Waals surface area contributed by atoms with Crippen molar-refractivity contribution in [3.8, 4) is 0 Å². The van der Waals surface area contributed by atoms with Crippen LogP contribution in [-0.2, 0) is 9.47 Å². The molecule has 0 bridgehead atoms. The number of carbonyl (C=O) groups is 2. The van der Waals surface area contributed by atoms with Crippen LogP contribution < -0.4 is 0 Å². The normalized spacial score (nSPS) is 10.9. The van der Waals surface area contributed by atoms with E-state index < -0.39 is 5.97 Å². The molecule has 5 heteroatoms. The lowest BCUT2D eigenvalue weighted by Gasteiger charge is -2.16. The molecule has 1 aromatic carbocycles. The van der Waals surface area contributed by atoms with Crippen LogP contribution in [0.4, 0.5) is 0 Å². The topological polar surface area (TPSA) is 72.8 Å². The zero-order valence-corrected chi connectivity index (χ0v) is 13.2. The summed E-state index contributed by atoms with van der Waals surface area (Å²) in [6.45, 7) is 5.08.